The number of hydrogen-bond acceptors (Lipinski definition) is 4. The van der Waals surface area contributed by atoms with E-state index in [1.807, 2.05) is 17.5 Å². The summed E-state index contributed by atoms with van der Waals surface area (Å²) in [5.41, 5.74) is 2.04. The summed E-state index contributed by atoms with van der Waals surface area (Å²) >= 11 is 1.35. The molecule has 0 spiro atoms. The molecule has 2 aromatic rings. The Bertz CT molecular complexity index is 502. The number of hydrogen-bond donors (Lipinski definition) is 1. The van der Waals surface area contributed by atoms with Gasteiger partial charge in [0.2, 0.25) is 0 Å². The fourth-order valence-corrected chi connectivity index (χ4v) is 2.50. The summed E-state index contributed by atoms with van der Waals surface area (Å²) < 4.78 is 16.9. The smallest absolute Gasteiger partial charge is 0.123 e. The van der Waals surface area contributed by atoms with E-state index >= 15 is 0 Å². The van der Waals surface area contributed by atoms with Crippen LogP contribution in [0.5, 0.6) is 0 Å². The van der Waals surface area contributed by atoms with Gasteiger partial charge in [0.15, 0.2) is 0 Å². The first-order chi connectivity index (χ1) is 8.97. The van der Waals surface area contributed by atoms with Crippen LogP contribution < -0.4 is 5.32 Å². The highest BCUT2D eigenvalue weighted by atomic mass is 32.1. The molecule has 102 valence electrons. The summed E-state index contributed by atoms with van der Waals surface area (Å²) in [7, 11) is 0. The highest BCUT2D eigenvalue weighted by molar-refractivity contribution is 7.03. The highest BCUT2D eigenvalue weighted by Crippen LogP contribution is 2.33. The molecule has 0 aliphatic rings. The first-order valence-corrected chi connectivity index (χ1v) is 7.05. The molecule has 0 saturated carbocycles. The van der Waals surface area contributed by atoms with Crippen molar-refractivity contribution in [3.63, 3.8) is 0 Å². The van der Waals surface area contributed by atoms with Crippen LogP contribution in [0.3, 0.4) is 0 Å². The van der Waals surface area contributed by atoms with Gasteiger partial charge >= 0.3 is 0 Å². The van der Waals surface area contributed by atoms with Crippen molar-refractivity contribution in [3.05, 3.63) is 46.7 Å². The second-order valence-electron chi connectivity index (χ2n) is 5.63. The normalized spacial score (nSPS) is 13.5. The van der Waals surface area contributed by atoms with Crippen molar-refractivity contribution in [2.45, 2.75) is 33.4 Å². The minimum absolute atomic E-state index is 0.0290. The molecule has 1 N–H and O–H groups in total. The third-order valence-electron chi connectivity index (χ3n) is 2.96. The van der Waals surface area contributed by atoms with Crippen molar-refractivity contribution in [1.29, 1.82) is 0 Å². The van der Waals surface area contributed by atoms with Gasteiger partial charge in [-0.15, -0.1) is 5.10 Å². The molecule has 0 aliphatic heterocycles. The van der Waals surface area contributed by atoms with Gasteiger partial charge in [-0.2, -0.15) is 0 Å². The fourth-order valence-electron chi connectivity index (χ4n) is 2.05. The van der Waals surface area contributed by atoms with Crippen LogP contribution in [-0.4, -0.2) is 9.59 Å². The summed E-state index contributed by atoms with van der Waals surface area (Å²) in [6, 6.07) is 6.80. The zero-order valence-corrected chi connectivity index (χ0v) is 12.2. The van der Waals surface area contributed by atoms with E-state index in [1.165, 1.54) is 23.7 Å². The molecule has 1 aromatic carbocycles. The second-order valence-corrected chi connectivity index (χ2v) is 6.24. The third-order valence-corrected chi connectivity index (χ3v) is 3.52. The average Bonchev–Trinajstić information content (AvgIpc) is 2.83. The first-order valence-electron chi connectivity index (χ1n) is 6.21. The SMILES string of the molecule is CC(C)(C)C(NCc1csnn1)c1ccc(F)cc1. The standard InChI is InChI=1S/C14H18FN3S/c1-14(2,3)13(10-4-6-11(15)7-5-10)16-8-12-9-19-18-17-12/h4-7,9,13,16H,8H2,1-3H3. The molecule has 1 heterocycles. The Kier molecular flexibility index (Phi) is 4.27. The lowest BCUT2D eigenvalue weighted by molar-refractivity contribution is 0.270. The van der Waals surface area contributed by atoms with E-state index in [9.17, 15) is 4.39 Å². The average molecular weight is 279 g/mol. The zero-order chi connectivity index (χ0) is 13.9. The minimum Gasteiger partial charge on any atom is -0.304 e. The number of nitrogens with zero attached hydrogens (tertiary/aromatic N) is 2. The third kappa shape index (κ3) is 3.81. The fraction of sp³-hybridized carbons (Fsp3) is 0.429. The predicted octanol–water partition coefficient (Wildman–Crippen LogP) is 3.55. The van der Waals surface area contributed by atoms with E-state index < -0.39 is 0 Å². The second kappa shape index (κ2) is 5.75. The molecule has 0 aliphatic carbocycles. The molecular weight excluding hydrogens is 261 g/mol. The van der Waals surface area contributed by atoms with Crippen molar-refractivity contribution in [3.8, 4) is 0 Å². The molecule has 0 bridgehead atoms. The monoisotopic (exact) mass is 279 g/mol. The van der Waals surface area contributed by atoms with Crippen molar-refractivity contribution >= 4 is 11.5 Å². The minimum atomic E-state index is -0.208. The van der Waals surface area contributed by atoms with E-state index in [0.29, 0.717) is 6.54 Å². The summed E-state index contributed by atoms with van der Waals surface area (Å²) in [4.78, 5) is 0. The Balaban J connectivity index is 2.14. The van der Waals surface area contributed by atoms with Crippen LogP contribution in [0, 0.1) is 11.2 Å². The van der Waals surface area contributed by atoms with Crippen molar-refractivity contribution < 1.29 is 4.39 Å². The quantitative estimate of drug-likeness (QED) is 0.930. The van der Waals surface area contributed by atoms with E-state index in [1.54, 1.807) is 0 Å². The van der Waals surface area contributed by atoms with Gasteiger partial charge in [-0.25, -0.2) is 4.39 Å². The summed E-state index contributed by atoms with van der Waals surface area (Å²) in [5, 5.41) is 9.43. The van der Waals surface area contributed by atoms with Crippen LogP contribution in [0.15, 0.2) is 29.6 Å². The lowest BCUT2D eigenvalue weighted by atomic mass is 9.82. The lowest BCUT2D eigenvalue weighted by Gasteiger charge is -2.32. The van der Waals surface area contributed by atoms with Crippen molar-refractivity contribution in [1.82, 2.24) is 14.9 Å². The predicted molar refractivity (Wildman–Crippen MR) is 75.3 cm³/mol. The molecule has 5 heteroatoms. The summed E-state index contributed by atoms with van der Waals surface area (Å²) in [6.07, 6.45) is 0. The molecule has 1 aromatic heterocycles. The molecule has 0 fully saturated rings. The van der Waals surface area contributed by atoms with Crippen LogP contribution in [0.1, 0.15) is 38.1 Å². The molecular formula is C14H18FN3S. The number of aromatic nitrogens is 2. The molecule has 19 heavy (non-hydrogen) atoms. The van der Waals surface area contributed by atoms with Crippen LogP contribution >= 0.6 is 11.5 Å². The van der Waals surface area contributed by atoms with E-state index in [4.69, 9.17) is 0 Å². The number of benzene rings is 1. The largest absolute Gasteiger partial charge is 0.304 e. The zero-order valence-electron chi connectivity index (χ0n) is 11.4. The number of rotatable bonds is 4. The Morgan fingerprint density at radius 3 is 2.47 bits per heavy atom. The maximum Gasteiger partial charge on any atom is 0.123 e. The number of nitrogens with one attached hydrogen (secondary N) is 1. The van der Waals surface area contributed by atoms with Gasteiger partial charge in [0.1, 0.15) is 5.82 Å². The Morgan fingerprint density at radius 1 is 1.26 bits per heavy atom. The van der Waals surface area contributed by atoms with Gasteiger partial charge in [0, 0.05) is 18.0 Å². The first kappa shape index (κ1) is 14.1. The van der Waals surface area contributed by atoms with Crippen molar-refractivity contribution in [2.75, 3.05) is 0 Å². The lowest BCUT2D eigenvalue weighted by Crippen LogP contribution is -2.32. The molecule has 0 amide bonds. The van der Waals surface area contributed by atoms with E-state index in [2.05, 4.69) is 35.7 Å². The van der Waals surface area contributed by atoms with Crippen molar-refractivity contribution in [2.24, 2.45) is 5.41 Å². The topological polar surface area (TPSA) is 37.8 Å². The summed E-state index contributed by atoms with van der Waals surface area (Å²) in [5.74, 6) is -0.208. The van der Waals surface area contributed by atoms with Crippen LogP contribution in [-0.2, 0) is 6.54 Å². The maximum absolute atomic E-state index is 13.0. The molecule has 0 saturated heterocycles. The van der Waals surface area contributed by atoms with Gasteiger partial charge in [0.25, 0.3) is 0 Å². The highest BCUT2D eigenvalue weighted by Gasteiger charge is 2.25. The molecule has 1 atom stereocenters. The summed E-state index contributed by atoms with van der Waals surface area (Å²) in [6.45, 7) is 7.14. The Morgan fingerprint density at radius 2 is 1.95 bits per heavy atom. The Hall–Kier alpha value is -1.33. The van der Waals surface area contributed by atoms with Crippen LogP contribution in [0.2, 0.25) is 0 Å². The molecule has 0 radical (unpaired) electrons. The Labute approximate surface area is 117 Å². The van der Waals surface area contributed by atoms with Gasteiger partial charge in [0.05, 0.1) is 5.69 Å². The van der Waals surface area contributed by atoms with E-state index in [-0.39, 0.29) is 17.3 Å². The molecule has 2 rings (SSSR count). The van der Waals surface area contributed by atoms with Gasteiger partial charge < -0.3 is 5.32 Å². The van der Waals surface area contributed by atoms with Gasteiger partial charge in [-0.1, -0.05) is 37.4 Å². The number of halogens is 1. The molecule has 3 nitrogen and oxygen atoms in total. The van der Waals surface area contributed by atoms with Gasteiger partial charge in [-0.3, -0.25) is 0 Å². The van der Waals surface area contributed by atoms with Crippen LogP contribution in [0.4, 0.5) is 4.39 Å². The van der Waals surface area contributed by atoms with E-state index in [0.717, 1.165) is 11.3 Å². The van der Waals surface area contributed by atoms with Gasteiger partial charge in [-0.05, 0) is 34.6 Å². The van der Waals surface area contributed by atoms with Crippen LogP contribution in [0.25, 0.3) is 0 Å². The maximum atomic E-state index is 13.0. The molecule has 1 unspecified atom stereocenters.